The molecule has 0 spiro atoms. The van der Waals surface area contributed by atoms with Crippen molar-refractivity contribution in [1.29, 1.82) is 0 Å². The molecule has 1 aliphatic heterocycles. The Kier molecular flexibility index (Phi) is 8.55. The Bertz CT molecular complexity index is 470. The second-order valence-corrected chi connectivity index (χ2v) is 6.03. The van der Waals surface area contributed by atoms with E-state index in [0.717, 1.165) is 44.8 Å². The number of rotatable bonds is 6. The molecule has 1 unspecified atom stereocenters. The SMILES string of the molecule is CCN1CCN(Cc2ccc(CNC(=O)C(C)N)cc2)CC1.Cl. The average Bonchev–Trinajstić information content (AvgIpc) is 2.54. The highest BCUT2D eigenvalue weighted by Crippen LogP contribution is 2.10. The van der Waals surface area contributed by atoms with E-state index in [2.05, 4.69) is 46.3 Å². The molecule has 5 nitrogen and oxygen atoms in total. The highest BCUT2D eigenvalue weighted by Gasteiger charge is 2.15. The topological polar surface area (TPSA) is 61.6 Å². The van der Waals surface area contributed by atoms with Gasteiger partial charge in [-0.2, -0.15) is 0 Å². The number of amides is 1. The van der Waals surface area contributed by atoms with Crippen LogP contribution in [-0.4, -0.2) is 54.5 Å². The first-order valence-electron chi connectivity index (χ1n) is 8.14. The van der Waals surface area contributed by atoms with Crippen molar-refractivity contribution in [3.8, 4) is 0 Å². The molecule has 1 aliphatic rings. The first-order chi connectivity index (χ1) is 10.6. The van der Waals surface area contributed by atoms with Crippen molar-refractivity contribution in [2.24, 2.45) is 5.73 Å². The lowest BCUT2D eigenvalue weighted by Gasteiger charge is -2.34. The zero-order chi connectivity index (χ0) is 15.9. The van der Waals surface area contributed by atoms with E-state index < -0.39 is 6.04 Å². The molecule has 1 aromatic carbocycles. The van der Waals surface area contributed by atoms with Gasteiger partial charge in [-0.15, -0.1) is 12.4 Å². The maximum absolute atomic E-state index is 11.5. The maximum Gasteiger partial charge on any atom is 0.236 e. The number of hydrogen-bond donors (Lipinski definition) is 2. The number of piperazine rings is 1. The standard InChI is InChI=1S/C17H28N4O.ClH/c1-3-20-8-10-21(11-9-20)13-16-6-4-15(5-7-16)12-19-17(22)14(2)18;/h4-7,14H,3,8-13,18H2,1-2H3,(H,19,22);1H. The summed E-state index contributed by atoms with van der Waals surface area (Å²) in [6.07, 6.45) is 0. The summed E-state index contributed by atoms with van der Waals surface area (Å²) in [5.41, 5.74) is 7.96. The van der Waals surface area contributed by atoms with E-state index in [1.54, 1.807) is 6.92 Å². The monoisotopic (exact) mass is 340 g/mol. The zero-order valence-corrected chi connectivity index (χ0v) is 14.9. The van der Waals surface area contributed by atoms with Crippen LogP contribution in [0, 0.1) is 0 Å². The van der Waals surface area contributed by atoms with Gasteiger partial charge >= 0.3 is 0 Å². The number of hydrogen-bond acceptors (Lipinski definition) is 4. The Morgan fingerprint density at radius 2 is 1.65 bits per heavy atom. The third-order valence-corrected chi connectivity index (χ3v) is 4.22. The second-order valence-electron chi connectivity index (χ2n) is 6.03. The van der Waals surface area contributed by atoms with Crippen molar-refractivity contribution in [3.05, 3.63) is 35.4 Å². The Labute approximate surface area is 145 Å². The van der Waals surface area contributed by atoms with Crippen LogP contribution in [0.25, 0.3) is 0 Å². The van der Waals surface area contributed by atoms with Crippen LogP contribution in [0.4, 0.5) is 0 Å². The van der Waals surface area contributed by atoms with Gasteiger partial charge in [0, 0.05) is 39.3 Å². The van der Waals surface area contributed by atoms with Crippen LogP contribution in [0.1, 0.15) is 25.0 Å². The van der Waals surface area contributed by atoms with Gasteiger partial charge in [0.1, 0.15) is 0 Å². The molecule has 0 aromatic heterocycles. The molecule has 23 heavy (non-hydrogen) atoms. The third kappa shape index (κ3) is 6.47. The zero-order valence-electron chi connectivity index (χ0n) is 14.1. The number of halogens is 1. The fourth-order valence-electron chi connectivity index (χ4n) is 2.63. The smallest absolute Gasteiger partial charge is 0.236 e. The van der Waals surface area contributed by atoms with Crippen LogP contribution in [0.5, 0.6) is 0 Å². The number of nitrogens with two attached hydrogens (primary N) is 1. The molecule has 0 saturated carbocycles. The Balaban J connectivity index is 0.00000264. The summed E-state index contributed by atoms with van der Waals surface area (Å²) in [7, 11) is 0. The van der Waals surface area contributed by atoms with E-state index in [4.69, 9.17) is 5.73 Å². The molecule has 130 valence electrons. The molecule has 1 amide bonds. The van der Waals surface area contributed by atoms with Crippen LogP contribution >= 0.6 is 12.4 Å². The van der Waals surface area contributed by atoms with Gasteiger partial charge in [0.15, 0.2) is 0 Å². The van der Waals surface area contributed by atoms with Gasteiger partial charge < -0.3 is 16.0 Å². The van der Waals surface area contributed by atoms with E-state index >= 15 is 0 Å². The van der Waals surface area contributed by atoms with Crippen molar-refractivity contribution < 1.29 is 4.79 Å². The van der Waals surface area contributed by atoms with Crippen molar-refractivity contribution in [2.45, 2.75) is 33.0 Å². The highest BCUT2D eigenvalue weighted by molar-refractivity contribution is 5.85. The largest absolute Gasteiger partial charge is 0.351 e. The summed E-state index contributed by atoms with van der Waals surface area (Å²) in [5, 5.41) is 2.83. The van der Waals surface area contributed by atoms with Crippen LogP contribution in [0.3, 0.4) is 0 Å². The van der Waals surface area contributed by atoms with Gasteiger partial charge in [-0.1, -0.05) is 31.2 Å². The van der Waals surface area contributed by atoms with Crippen molar-refractivity contribution in [3.63, 3.8) is 0 Å². The first kappa shape index (κ1) is 19.9. The summed E-state index contributed by atoms with van der Waals surface area (Å²) < 4.78 is 0. The predicted molar refractivity (Wildman–Crippen MR) is 96.6 cm³/mol. The average molecular weight is 341 g/mol. The number of carbonyl (C=O) groups is 1. The van der Waals surface area contributed by atoms with Gasteiger partial charge in [0.2, 0.25) is 5.91 Å². The van der Waals surface area contributed by atoms with Crippen molar-refractivity contribution >= 4 is 18.3 Å². The quantitative estimate of drug-likeness (QED) is 0.817. The number of carbonyl (C=O) groups excluding carboxylic acids is 1. The van der Waals surface area contributed by atoms with Crippen molar-refractivity contribution in [1.82, 2.24) is 15.1 Å². The lowest BCUT2D eigenvalue weighted by molar-refractivity contribution is -0.122. The summed E-state index contributed by atoms with van der Waals surface area (Å²) >= 11 is 0. The molecule has 0 radical (unpaired) electrons. The van der Waals surface area contributed by atoms with Gasteiger partial charge in [-0.3, -0.25) is 9.69 Å². The minimum absolute atomic E-state index is 0. The Hall–Kier alpha value is -1.14. The molecule has 0 aliphatic carbocycles. The molecule has 0 bridgehead atoms. The Morgan fingerprint density at radius 1 is 1.13 bits per heavy atom. The molecule has 2 rings (SSSR count). The van der Waals surface area contributed by atoms with E-state index in [1.165, 1.54) is 5.56 Å². The molecule has 6 heteroatoms. The molecule has 1 heterocycles. The van der Waals surface area contributed by atoms with Crippen LogP contribution < -0.4 is 11.1 Å². The van der Waals surface area contributed by atoms with Crippen molar-refractivity contribution in [2.75, 3.05) is 32.7 Å². The van der Waals surface area contributed by atoms with Gasteiger partial charge in [0.05, 0.1) is 6.04 Å². The van der Waals surface area contributed by atoms with E-state index in [-0.39, 0.29) is 18.3 Å². The number of nitrogens with one attached hydrogen (secondary N) is 1. The number of likely N-dealkylation sites (N-methyl/N-ethyl adjacent to an activating group) is 1. The number of nitrogens with zero attached hydrogens (tertiary/aromatic N) is 2. The summed E-state index contributed by atoms with van der Waals surface area (Å²) in [6, 6.07) is 8.01. The maximum atomic E-state index is 11.5. The third-order valence-electron chi connectivity index (χ3n) is 4.22. The van der Waals surface area contributed by atoms with Gasteiger partial charge in [0.25, 0.3) is 0 Å². The minimum atomic E-state index is -0.457. The van der Waals surface area contributed by atoms with Gasteiger partial charge in [-0.25, -0.2) is 0 Å². The fraction of sp³-hybridized carbons (Fsp3) is 0.588. The minimum Gasteiger partial charge on any atom is -0.351 e. The number of benzene rings is 1. The second kappa shape index (κ2) is 9.88. The van der Waals surface area contributed by atoms with E-state index in [9.17, 15) is 4.79 Å². The summed E-state index contributed by atoms with van der Waals surface area (Å²) in [5.74, 6) is -0.113. The first-order valence-corrected chi connectivity index (χ1v) is 8.14. The molecular weight excluding hydrogens is 312 g/mol. The summed E-state index contributed by atoms with van der Waals surface area (Å²) in [4.78, 5) is 16.4. The molecule has 3 N–H and O–H groups in total. The molecule has 1 fully saturated rings. The van der Waals surface area contributed by atoms with Crippen LogP contribution in [0.15, 0.2) is 24.3 Å². The summed E-state index contributed by atoms with van der Waals surface area (Å²) in [6.45, 7) is 11.2. The molecular formula is C17H29ClN4O. The van der Waals surface area contributed by atoms with Crippen LogP contribution in [-0.2, 0) is 17.9 Å². The lowest BCUT2D eigenvalue weighted by atomic mass is 10.1. The van der Waals surface area contributed by atoms with E-state index in [0.29, 0.717) is 6.54 Å². The predicted octanol–water partition coefficient (Wildman–Crippen LogP) is 1.21. The normalized spacial score (nSPS) is 17.3. The molecule has 1 saturated heterocycles. The Morgan fingerprint density at radius 3 is 2.17 bits per heavy atom. The van der Waals surface area contributed by atoms with Crippen LogP contribution in [0.2, 0.25) is 0 Å². The fourth-order valence-corrected chi connectivity index (χ4v) is 2.63. The van der Waals surface area contributed by atoms with E-state index in [1.807, 2.05) is 0 Å². The molecule has 1 atom stereocenters. The molecule has 1 aromatic rings. The highest BCUT2D eigenvalue weighted by atomic mass is 35.5. The lowest BCUT2D eigenvalue weighted by Crippen LogP contribution is -2.45. The van der Waals surface area contributed by atoms with Gasteiger partial charge in [-0.05, 0) is 24.6 Å².